The van der Waals surface area contributed by atoms with Gasteiger partial charge in [0.25, 0.3) is 0 Å². The Morgan fingerprint density at radius 1 is 0.312 bits per heavy atom. The summed E-state index contributed by atoms with van der Waals surface area (Å²) >= 11 is 0. The number of pyridine rings is 1. The Bertz CT molecular complexity index is 3450. The summed E-state index contributed by atoms with van der Waals surface area (Å²) in [5.41, 5.74) is 11.7. The van der Waals surface area contributed by atoms with Crippen molar-refractivity contribution in [3.8, 4) is 67.4 Å². The smallest absolute Gasteiger partial charge is 0.171 e. The zero-order valence-corrected chi connectivity index (χ0v) is 35.7. The highest BCUT2D eigenvalue weighted by molar-refractivity contribution is 7.85. The van der Waals surface area contributed by atoms with Crippen LogP contribution in [0.4, 0.5) is 0 Å². The summed E-state index contributed by atoms with van der Waals surface area (Å²) in [5.74, 6) is 0.626. The molecule has 2 heterocycles. The summed E-state index contributed by atoms with van der Waals surface area (Å²) in [6, 6.07) is 82.5. The quantitative estimate of drug-likeness (QED) is 0.107. The Hall–Kier alpha value is -8.04. The zero-order chi connectivity index (χ0) is 42.9. The van der Waals surface area contributed by atoms with Crippen LogP contribution in [0.1, 0.15) is 0 Å². The maximum absolute atomic E-state index is 15.2. The van der Waals surface area contributed by atoms with Crippen molar-refractivity contribution in [2.45, 2.75) is 0 Å². The van der Waals surface area contributed by atoms with Gasteiger partial charge in [0.15, 0.2) is 13.0 Å². The molecule has 5 heteroatoms. The van der Waals surface area contributed by atoms with Gasteiger partial charge in [-0.05, 0) is 28.8 Å². The van der Waals surface area contributed by atoms with Gasteiger partial charge in [0.2, 0.25) is 0 Å². The van der Waals surface area contributed by atoms with Crippen LogP contribution in [0.25, 0.3) is 89.1 Å². The van der Waals surface area contributed by atoms with Crippen molar-refractivity contribution >= 4 is 44.7 Å². The van der Waals surface area contributed by atoms with E-state index in [1.54, 1.807) is 0 Å². The van der Waals surface area contributed by atoms with Gasteiger partial charge in [-0.2, -0.15) is 0 Å². The van der Waals surface area contributed by atoms with Crippen LogP contribution in [-0.2, 0) is 4.57 Å². The third-order valence-corrected chi connectivity index (χ3v) is 15.1. The van der Waals surface area contributed by atoms with E-state index in [0.717, 1.165) is 88.2 Å². The Balaban J connectivity index is 1.06. The molecule has 0 aliphatic rings. The number of aromatic nitrogens is 3. The third-order valence-electron chi connectivity index (χ3n) is 12.0. The van der Waals surface area contributed by atoms with Gasteiger partial charge in [-0.25, -0.2) is 15.0 Å². The standard InChI is InChI=1S/C59H40N3OP/c63-64(47-27-12-4-13-28-47,48-29-14-5-15-30-48)49-37-35-42(36-38-49)54-40-55(61-59(60-54)44-23-10-3-11-24-44)46-26-16-25-45(39-46)51-32-18-34-53-56-50(41-19-6-1-7-20-41)31-17-33-52(56)57(62-58(51)53)43-21-8-2-9-22-43/h1-40H. The van der Waals surface area contributed by atoms with E-state index in [2.05, 4.69) is 121 Å². The molecule has 0 aliphatic carbocycles. The molecule has 64 heavy (non-hydrogen) atoms. The highest BCUT2D eigenvalue weighted by Crippen LogP contribution is 2.44. The van der Waals surface area contributed by atoms with Gasteiger partial charge in [-0.3, -0.25) is 0 Å². The minimum absolute atomic E-state index is 0.626. The lowest BCUT2D eigenvalue weighted by atomic mass is 9.91. The lowest BCUT2D eigenvalue weighted by Crippen LogP contribution is -2.24. The van der Waals surface area contributed by atoms with E-state index >= 15 is 4.57 Å². The summed E-state index contributed by atoms with van der Waals surface area (Å²) in [5, 5.41) is 5.75. The first kappa shape index (κ1) is 38.9. The molecule has 0 amide bonds. The molecular formula is C59H40N3OP. The molecule has 11 rings (SSSR count). The highest BCUT2D eigenvalue weighted by atomic mass is 31.2. The minimum Gasteiger partial charge on any atom is -0.309 e. The van der Waals surface area contributed by atoms with E-state index in [9.17, 15) is 0 Å². The van der Waals surface area contributed by atoms with E-state index in [1.807, 2.05) is 121 Å². The van der Waals surface area contributed by atoms with E-state index in [-0.39, 0.29) is 0 Å². The number of para-hydroxylation sites is 1. The molecule has 9 aromatic carbocycles. The van der Waals surface area contributed by atoms with Crippen LogP contribution in [0.15, 0.2) is 243 Å². The molecule has 0 atom stereocenters. The van der Waals surface area contributed by atoms with Crippen molar-refractivity contribution in [3.63, 3.8) is 0 Å². The van der Waals surface area contributed by atoms with Crippen molar-refractivity contribution in [1.82, 2.24) is 15.0 Å². The summed E-state index contributed by atoms with van der Waals surface area (Å²) in [6.45, 7) is 0. The van der Waals surface area contributed by atoms with Gasteiger partial charge in [-0.1, -0.05) is 231 Å². The Morgan fingerprint density at radius 3 is 1.41 bits per heavy atom. The van der Waals surface area contributed by atoms with Crippen LogP contribution in [0.5, 0.6) is 0 Å². The number of fused-ring (bicyclic) bond motifs is 3. The van der Waals surface area contributed by atoms with Gasteiger partial charge in [-0.15, -0.1) is 0 Å². The van der Waals surface area contributed by atoms with Crippen LogP contribution in [0.3, 0.4) is 0 Å². The van der Waals surface area contributed by atoms with Crippen LogP contribution in [-0.4, -0.2) is 15.0 Å². The number of hydrogen-bond acceptors (Lipinski definition) is 4. The molecule has 0 saturated heterocycles. The lowest BCUT2D eigenvalue weighted by molar-refractivity contribution is 0.592. The van der Waals surface area contributed by atoms with Crippen molar-refractivity contribution < 1.29 is 4.57 Å². The number of benzene rings is 9. The first-order valence-electron chi connectivity index (χ1n) is 21.5. The molecule has 302 valence electrons. The van der Waals surface area contributed by atoms with Gasteiger partial charge in [0.05, 0.1) is 22.6 Å². The average molecular weight is 838 g/mol. The van der Waals surface area contributed by atoms with Crippen LogP contribution in [0.2, 0.25) is 0 Å². The SMILES string of the molecule is O=P(c1ccccc1)(c1ccccc1)c1ccc(-c2cc(-c3cccc(-c4cccc5c4nc(-c4ccccc4)c4cccc(-c6ccccc6)c45)c3)nc(-c3ccccc3)n2)cc1. The summed E-state index contributed by atoms with van der Waals surface area (Å²) < 4.78 is 15.2. The number of rotatable bonds is 9. The molecule has 0 spiro atoms. The first-order chi connectivity index (χ1) is 31.6. The fraction of sp³-hybridized carbons (Fsp3) is 0. The second-order valence-electron chi connectivity index (χ2n) is 15.9. The second-order valence-corrected chi connectivity index (χ2v) is 18.6. The summed E-state index contributed by atoms with van der Waals surface area (Å²) in [7, 11) is -3.15. The number of nitrogens with zero attached hydrogens (tertiary/aromatic N) is 3. The van der Waals surface area contributed by atoms with Crippen molar-refractivity contribution in [3.05, 3.63) is 243 Å². The molecular weight excluding hydrogens is 798 g/mol. The molecule has 0 radical (unpaired) electrons. The molecule has 11 aromatic rings. The molecule has 0 aliphatic heterocycles. The molecule has 0 fully saturated rings. The Kier molecular flexibility index (Phi) is 10.1. The Morgan fingerprint density at radius 2 is 0.781 bits per heavy atom. The zero-order valence-electron chi connectivity index (χ0n) is 34.8. The highest BCUT2D eigenvalue weighted by Gasteiger charge is 2.29. The summed E-state index contributed by atoms with van der Waals surface area (Å²) in [4.78, 5) is 15.9. The molecule has 2 aromatic heterocycles. The van der Waals surface area contributed by atoms with Crippen molar-refractivity contribution in [1.29, 1.82) is 0 Å². The van der Waals surface area contributed by atoms with E-state index < -0.39 is 7.14 Å². The monoisotopic (exact) mass is 837 g/mol. The van der Waals surface area contributed by atoms with Gasteiger partial charge in [0.1, 0.15) is 0 Å². The molecule has 0 saturated carbocycles. The fourth-order valence-electron chi connectivity index (χ4n) is 8.86. The maximum atomic E-state index is 15.2. The van der Waals surface area contributed by atoms with Crippen molar-refractivity contribution in [2.75, 3.05) is 0 Å². The maximum Gasteiger partial charge on any atom is 0.171 e. The van der Waals surface area contributed by atoms with Gasteiger partial charge < -0.3 is 4.57 Å². The third kappa shape index (κ3) is 7.10. The first-order valence-corrected chi connectivity index (χ1v) is 23.2. The van der Waals surface area contributed by atoms with Gasteiger partial charge in [0, 0.05) is 59.9 Å². The largest absolute Gasteiger partial charge is 0.309 e. The minimum atomic E-state index is -3.15. The molecule has 4 nitrogen and oxygen atoms in total. The predicted molar refractivity (Wildman–Crippen MR) is 267 cm³/mol. The Labute approximate surface area is 372 Å². The van der Waals surface area contributed by atoms with Crippen molar-refractivity contribution in [2.24, 2.45) is 0 Å². The van der Waals surface area contributed by atoms with Crippen LogP contribution >= 0.6 is 7.14 Å². The van der Waals surface area contributed by atoms with Crippen LogP contribution < -0.4 is 15.9 Å². The predicted octanol–water partition coefficient (Wildman–Crippen LogP) is 13.8. The molecule has 0 N–H and O–H groups in total. The number of hydrogen-bond donors (Lipinski definition) is 0. The molecule has 0 bridgehead atoms. The van der Waals surface area contributed by atoms with Gasteiger partial charge >= 0.3 is 0 Å². The molecule has 0 unspecified atom stereocenters. The lowest BCUT2D eigenvalue weighted by Gasteiger charge is -2.20. The summed E-state index contributed by atoms with van der Waals surface area (Å²) in [6.07, 6.45) is 0. The topological polar surface area (TPSA) is 55.7 Å². The van der Waals surface area contributed by atoms with E-state index in [4.69, 9.17) is 15.0 Å². The van der Waals surface area contributed by atoms with Crippen LogP contribution in [0, 0.1) is 0 Å². The normalized spacial score (nSPS) is 11.5. The van der Waals surface area contributed by atoms with E-state index in [1.165, 1.54) is 10.9 Å². The van der Waals surface area contributed by atoms with E-state index in [0.29, 0.717) is 5.82 Å². The second kappa shape index (κ2) is 16.7. The average Bonchev–Trinajstić information content (AvgIpc) is 3.39. The fourth-order valence-corrected chi connectivity index (χ4v) is 11.5.